The first-order valence-electron chi connectivity index (χ1n) is 6.09. The van der Waals surface area contributed by atoms with Crippen LogP contribution >= 0.6 is 0 Å². The molecule has 90 valence electrons. The second kappa shape index (κ2) is 9.10. The maximum Gasteiger partial charge on any atom is 0.0623 e. The van der Waals surface area contributed by atoms with Crippen molar-refractivity contribution in [2.24, 2.45) is 10.7 Å². The normalized spacial score (nSPS) is 15.7. The van der Waals surface area contributed by atoms with Crippen LogP contribution in [-0.2, 0) is 0 Å². The molecule has 0 radical (unpaired) electrons. The minimum Gasteiger partial charge on any atom is -0.326 e. The van der Waals surface area contributed by atoms with Crippen molar-refractivity contribution in [3.63, 3.8) is 0 Å². The minimum atomic E-state index is 0.580. The average molecular weight is 220 g/mol. The molecule has 0 heterocycles. The standard InChI is InChI=1S/C12H18N2.C2H6/c1-3-11-7-5-6-10(9-13)8-12(11)14-4-2;1-2/h4-6,8H,3,7,9,13H2,1-2H3;1-2H3. The van der Waals surface area contributed by atoms with Crippen molar-refractivity contribution >= 4 is 6.21 Å². The van der Waals surface area contributed by atoms with Gasteiger partial charge < -0.3 is 5.73 Å². The third kappa shape index (κ3) is 4.58. The predicted octanol–water partition coefficient (Wildman–Crippen LogP) is 3.61. The predicted molar refractivity (Wildman–Crippen MR) is 73.7 cm³/mol. The molecule has 2 N–H and O–H groups in total. The van der Waals surface area contributed by atoms with E-state index in [1.54, 1.807) is 0 Å². The minimum absolute atomic E-state index is 0.580. The van der Waals surface area contributed by atoms with Crippen LogP contribution in [0, 0.1) is 0 Å². The van der Waals surface area contributed by atoms with Gasteiger partial charge in [-0.15, -0.1) is 0 Å². The summed E-state index contributed by atoms with van der Waals surface area (Å²) >= 11 is 0. The molecule has 0 unspecified atom stereocenters. The molecule has 16 heavy (non-hydrogen) atoms. The lowest BCUT2D eigenvalue weighted by molar-refractivity contribution is 1.00. The summed E-state index contributed by atoms with van der Waals surface area (Å²) in [4.78, 5) is 4.38. The van der Waals surface area contributed by atoms with E-state index >= 15 is 0 Å². The number of hydrogen-bond donors (Lipinski definition) is 1. The van der Waals surface area contributed by atoms with Crippen molar-refractivity contribution in [2.75, 3.05) is 6.54 Å². The zero-order valence-electron chi connectivity index (χ0n) is 11.0. The molecule has 1 aliphatic carbocycles. The van der Waals surface area contributed by atoms with Crippen LogP contribution in [0.4, 0.5) is 0 Å². The van der Waals surface area contributed by atoms with Gasteiger partial charge in [-0.3, -0.25) is 4.99 Å². The fourth-order valence-electron chi connectivity index (χ4n) is 1.50. The van der Waals surface area contributed by atoms with Gasteiger partial charge in [0, 0.05) is 12.8 Å². The van der Waals surface area contributed by atoms with E-state index in [2.05, 4.69) is 30.1 Å². The van der Waals surface area contributed by atoms with Crippen LogP contribution in [0.2, 0.25) is 0 Å². The van der Waals surface area contributed by atoms with Crippen molar-refractivity contribution in [1.29, 1.82) is 0 Å². The van der Waals surface area contributed by atoms with Crippen LogP contribution in [0.1, 0.15) is 40.5 Å². The van der Waals surface area contributed by atoms with Gasteiger partial charge in [0.1, 0.15) is 0 Å². The third-order valence-electron chi connectivity index (χ3n) is 2.31. The summed E-state index contributed by atoms with van der Waals surface area (Å²) in [6.07, 6.45) is 10.2. The average Bonchev–Trinajstić information content (AvgIpc) is 2.54. The molecule has 0 fully saturated rings. The summed E-state index contributed by atoms with van der Waals surface area (Å²) in [6.45, 7) is 8.68. The van der Waals surface area contributed by atoms with Crippen LogP contribution in [0.15, 0.2) is 40.1 Å². The molecule has 0 aliphatic heterocycles. The van der Waals surface area contributed by atoms with E-state index in [1.165, 1.54) is 5.57 Å². The Morgan fingerprint density at radius 1 is 1.44 bits per heavy atom. The molecule has 2 nitrogen and oxygen atoms in total. The van der Waals surface area contributed by atoms with Crippen LogP contribution in [-0.4, -0.2) is 12.8 Å². The molecule has 0 bridgehead atoms. The largest absolute Gasteiger partial charge is 0.326 e. The van der Waals surface area contributed by atoms with Gasteiger partial charge >= 0.3 is 0 Å². The Bertz CT molecular complexity index is 307. The van der Waals surface area contributed by atoms with Gasteiger partial charge in [-0.2, -0.15) is 0 Å². The Hall–Kier alpha value is -1.15. The van der Waals surface area contributed by atoms with E-state index in [1.807, 2.05) is 27.0 Å². The first kappa shape index (κ1) is 14.8. The molecule has 1 rings (SSSR count). The molecular formula is C14H24N2. The van der Waals surface area contributed by atoms with Gasteiger partial charge in [-0.1, -0.05) is 32.9 Å². The van der Waals surface area contributed by atoms with Gasteiger partial charge in [0.05, 0.1) is 5.70 Å². The van der Waals surface area contributed by atoms with Crippen molar-refractivity contribution in [1.82, 2.24) is 0 Å². The van der Waals surface area contributed by atoms with Crippen molar-refractivity contribution < 1.29 is 0 Å². The lowest BCUT2D eigenvalue weighted by atomic mass is 10.1. The van der Waals surface area contributed by atoms with Crippen molar-refractivity contribution in [3.8, 4) is 0 Å². The molecule has 0 aromatic rings. The quantitative estimate of drug-likeness (QED) is 0.725. The molecule has 0 saturated heterocycles. The Morgan fingerprint density at radius 2 is 2.12 bits per heavy atom. The van der Waals surface area contributed by atoms with Crippen LogP contribution < -0.4 is 5.73 Å². The second-order valence-electron chi connectivity index (χ2n) is 3.26. The maximum atomic E-state index is 5.62. The van der Waals surface area contributed by atoms with Crippen LogP contribution in [0.25, 0.3) is 0 Å². The Balaban J connectivity index is 0.00000106. The zero-order chi connectivity index (χ0) is 12.4. The summed E-state index contributed by atoms with van der Waals surface area (Å²) in [5.41, 5.74) is 9.23. The molecule has 2 heteroatoms. The Labute approximate surface area is 99.6 Å². The summed E-state index contributed by atoms with van der Waals surface area (Å²) in [5, 5.41) is 0. The maximum absolute atomic E-state index is 5.62. The zero-order valence-corrected chi connectivity index (χ0v) is 11.0. The second-order valence-corrected chi connectivity index (χ2v) is 3.26. The number of nitrogens with zero attached hydrogens (tertiary/aromatic N) is 1. The van der Waals surface area contributed by atoms with E-state index in [9.17, 15) is 0 Å². The lowest BCUT2D eigenvalue weighted by Gasteiger charge is -2.03. The van der Waals surface area contributed by atoms with Gasteiger partial charge in [-0.25, -0.2) is 0 Å². The molecule has 1 aliphatic rings. The van der Waals surface area contributed by atoms with E-state index in [0.717, 1.165) is 24.1 Å². The number of nitrogens with two attached hydrogens (primary N) is 1. The van der Waals surface area contributed by atoms with Gasteiger partial charge in [0.15, 0.2) is 0 Å². The highest BCUT2D eigenvalue weighted by Gasteiger charge is 2.04. The molecule has 0 aromatic heterocycles. The lowest BCUT2D eigenvalue weighted by Crippen LogP contribution is -2.00. The number of allylic oxidation sites excluding steroid dienone is 3. The summed E-state index contributed by atoms with van der Waals surface area (Å²) in [6, 6.07) is 0. The first-order chi connectivity index (χ1) is 7.81. The molecule has 0 atom stereocenters. The number of rotatable bonds is 3. The van der Waals surface area contributed by atoms with Crippen molar-refractivity contribution in [3.05, 3.63) is 35.1 Å². The van der Waals surface area contributed by atoms with Crippen LogP contribution in [0.5, 0.6) is 0 Å². The fraction of sp³-hybridized carbons (Fsp3) is 0.500. The number of hydrogen-bond acceptors (Lipinski definition) is 2. The topological polar surface area (TPSA) is 38.4 Å². The van der Waals surface area contributed by atoms with E-state index < -0.39 is 0 Å². The molecule has 0 amide bonds. The Kier molecular flexibility index (Phi) is 8.45. The summed E-state index contributed by atoms with van der Waals surface area (Å²) in [5.74, 6) is 0. The van der Waals surface area contributed by atoms with Gasteiger partial charge in [0.25, 0.3) is 0 Å². The van der Waals surface area contributed by atoms with Gasteiger partial charge in [-0.05, 0) is 37.0 Å². The highest BCUT2D eigenvalue weighted by atomic mass is 14.7. The fourth-order valence-corrected chi connectivity index (χ4v) is 1.50. The highest BCUT2D eigenvalue weighted by molar-refractivity contribution is 5.57. The molecule has 0 spiro atoms. The van der Waals surface area contributed by atoms with Crippen molar-refractivity contribution in [2.45, 2.75) is 40.5 Å². The first-order valence-corrected chi connectivity index (χ1v) is 6.09. The molecular weight excluding hydrogens is 196 g/mol. The molecule has 0 saturated carbocycles. The number of aliphatic imine (C=N–C) groups is 1. The monoisotopic (exact) mass is 220 g/mol. The SMILES string of the molecule is CC.CC=NC1=C(CC)CC=CC(CN)=C1. The Morgan fingerprint density at radius 3 is 2.62 bits per heavy atom. The molecule has 0 aromatic carbocycles. The van der Waals surface area contributed by atoms with E-state index in [4.69, 9.17) is 5.73 Å². The summed E-state index contributed by atoms with van der Waals surface area (Å²) < 4.78 is 0. The van der Waals surface area contributed by atoms with E-state index in [-0.39, 0.29) is 0 Å². The third-order valence-corrected chi connectivity index (χ3v) is 2.31. The highest BCUT2D eigenvalue weighted by Crippen LogP contribution is 2.21. The van der Waals surface area contributed by atoms with Crippen LogP contribution in [0.3, 0.4) is 0 Å². The van der Waals surface area contributed by atoms with E-state index in [0.29, 0.717) is 6.54 Å². The van der Waals surface area contributed by atoms with Gasteiger partial charge in [0.2, 0.25) is 0 Å². The summed E-state index contributed by atoms with van der Waals surface area (Å²) in [7, 11) is 0. The smallest absolute Gasteiger partial charge is 0.0623 e.